The van der Waals surface area contributed by atoms with Crippen molar-refractivity contribution in [3.05, 3.63) is 0 Å². The van der Waals surface area contributed by atoms with Crippen molar-refractivity contribution in [1.82, 2.24) is 0 Å². The van der Waals surface area contributed by atoms with E-state index in [9.17, 15) is 15.0 Å². The van der Waals surface area contributed by atoms with E-state index in [2.05, 4.69) is 0 Å². The van der Waals surface area contributed by atoms with Gasteiger partial charge >= 0.3 is 5.97 Å². The maximum atomic E-state index is 12.3. The van der Waals surface area contributed by atoms with Crippen molar-refractivity contribution in [1.29, 1.82) is 0 Å². The number of hydrogen-bond donors (Lipinski definition) is 2. The third-order valence-electron chi connectivity index (χ3n) is 4.63. The minimum atomic E-state index is -2.51. The summed E-state index contributed by atoms with van der Waals surface area (Å²) in [6, 6.07) is 0. The molecule has 1 aliphatic carbocycles. The molecule has 0 radical (unpaired) electrons. The summed E-state index contributed by atoms with van der Waals surface area (Å²) >= 11 is 68.2. The van der Waals surface area contributed by atoms with Crippen molar-refractivity contribution < 1.29 is 38.7 Å². The van der Waals surface area contributed by atoms with Gasteiger partial charge in [0, 0.05) is 11.8 Å². The van der Waals surface area contributed by atoms with Gasteiger partial charge in [0.1, 0.15) is 19.0 Å². The molecule has 0 aliphatic heterocycles. The van der Waals surface area contributed by atoms with Gasteiger partial charge in [-0.1, -0.05) is 139 Å². The Balaban J connectivity index is 3.27. The number of halogens is 12. The zero-order chi connectivity index (χ0) is 28.8. The van der Waals surface area contributed by atoms with Gasteiger partial charge in [-0.3, -0.25) is 0 Å². The Morgan fingerprint density at radius 1 is 0.622 bits per heavy atom. The van der Waals surface area contributed by atoms with E-state index in [4.69, 9.17) is 163 Å². The molecular formula is C17H20Cl12O8. The molecule has 0 heterocycles. The summed E-state index contributed by atoms with van der Waals surface area (Å²) in [4.78, 5) is 12.3. The molecule has 2 N–H and O–H groups in total. The van der Waals surface area contributed by atoms with Gasteiger partial charge in [0.25, 0.3) is 3.79 Å². The summed E-state index contributed by atoms with van der Waals surface area (Å²) in [6.07, 6.45) is -6.07. The van der Waals surface area contributed by atoms with Crippen LogP contribution >= 0.6 is 139 Å². The van der Waals surface area contributed by atoms with E-state index in [1.807, 2.05) is 0 Å². The van der Waals surface area contributed by atoms with E-state index in [1.165, 1.54) is 0 Å². The van der Waals surface area contributed by atoms with Crippen LogP contribution in [0.1, 0.15) is 0 Å². The second kappa shape index (κ2) is 16.0. The van der Waals surface area contributed by atoms with Gasteiger partial charge in [-0.2, -0.15) is 0 Å². The van der Waals surface area contributed by atoms with E-state index >= 15 is 0 Å². The fraction of sp³-hybridized carbons (Fsp3) is 0.941. The molecule has 0 aromatic rings. The van der Waals surface area contributed by atoms with Crippen LogP contribution in [0.5, 0.6) is 0 Å². The highest BCUT2D eigenvalue weighted by Crippen LogP contribution is 2.39. The van der Waals surface area contributed by atoms with E-state index < -0.39 is 70.8 Å². The number of alkyl halides is 12. The van der Waals surface area contributed by atoms with Crippen LogP contribution in [0.2, 0.25) is 0 Å². The largest absolute Gasteiger partial charge is 0.456 e. The molecule has 0 spiro atoms. The lowest BCUT2D eigenvalue weighted by molar-refractivity contribution is -0.239. The number of carbonyl (C=O) groups is 1. The van der Waals surface area contributed by atoms with E-state index in [0.29, 0.717) is 0 Å². The molecule has 220 valence electrons. The Labute approximate surface area is 273 Å². The minimum absolute atomic E-state index is 0.312. The SMILES string of the molecule is O=C(OC1C(O)C(O)C(COCC(Cl)(Cl)Cl)C(OCOCC(Cl)(Cl)Cl)C1COCC(Cl)(Cl)Cl)C(Cl)(Cl)Cl. The minimum Gasteiger partial charge on any atom is -0.456 e. The molecule has 1 saturated carbocycles. The highest BCUT2D eigenvalue weighted by molar-refractivity contribution is 6.75. The first kappa shape index (κ1) is 37.7. The van der Waals surface area contributed by atoms with Gasteiger partial charge in [-0.15, -0.1) is 0 Å². The summed E-state index contributed by atoms with van der Waals surface area (Å²) in [5.41, 5.74) is 0. The number of rotatable bonds is 11. The number of aliphatic hydroxyl groups is 2. The van der Waals surface area contributed by atoms with Crippen molar-refractivity contribution in [2.75, 3.05) is 39.8 Å². The lowest BCUT2D eigenvalue weighted by Crippen LogP contribution is -2.62. The summed E-state index contributed by atoms with van der Waals surface area (Å²) in [7, 11) is 0. The number of aliphatic hydroxyl groups excluding tert-OH is 2. The smallest absolute Gasteiger partial charge is 0.358 e. The van der Waals surface area contributed by atoms with Gasteiger partial charge < -0.3 is 33.9 Å². The predicted octanol–water partition coefficient (Wildman–Crippen LogP) is 5.74. The molecule has 8 nitrogen and oxygen atoms in total. The predicted molar refractivity (Wildman–Crippen MR) is 147 cm³/mol. The third-order valence-corrected chi connectivity index (χ3v) is 6.07. The molecule has 0 bridgehead atoms. The van der Waals surface area contributed by atoms with Crippen LogP contribution in [0.4, 0.5) is 0 Å². The van der Waals surface area contributed by atoms with Crippen molar-refractivity contribution in [3.8, 4) is 0 Å². The average molecular weight is 778 g/mol. The summed E-state index contributed by atoms with van der Waals surface area (Å²) in [5.74, 6) is -3.47. The second-order valence-corrected chi connectivity index (χ2v) is 17.5. The zero-order valence-electron chi connectivity index (χ0n) is 18.1. The maximum Gasteiger partial charge on any atom is 0.358 e. The van der Waals surface area contributed by atoms with Crippen LogP contribution in [0.3, 0.4) is 0 Å². The molecular weight excluding hydrogens is 758 g/mol. The first-order valence-electron chi connectivity index (χ1n) is 9.81. The first-order chi connectivity index (χ1) is 16.6. The topological polar surface area (TPSA) is 104 Å². The van der Waals surface area contributed by atoms with Gasteiger partial charge in [-0.25, -0.2) is 4.79 Å². The van der Waals surface area contributed by atoms with Gasteiger partial charge in [0.15, 0.2) is 0 Å². The Hall–Kier alpha value is 2.71. The summed E-state index contributed by atoms with van der Waals surface area (Å²) in [5, 5.41) is 21.7. The Morgan fingerprint density at radius 3 is 1.49 bits per heavy atom. The van der Waals surface area contributed by atoms with Crippen molar-refractivity contribution >= 4 is 145 Å². The Kier molecular flexibility index (Phi) is 16.3. The van der Waals surface area contributed by atoms with Crippen LogP contribution < -0.4 is 0 Å². The number of esters is 1. The summed E-state index contributed by atoms with van der Waals surface area (Å²) < 4.78 is 19.2. The molecule has 1 aliphatic rings. The Bertz CT molecular complexity index is 708. The third kappa shape index (κ3) is 15.1. The molecule has 0 aromatic heterocycles. The number of ether oxygens (including phenoxy) is 5. The molecule has 37 heavy (non-hydrogen) atoms. The second-order valence-electron chi connectivity index (χ2n) is 7.65. The highest BCUT2D eigenvalue weighted by Gasteiger charge is 2.54. The molecule has 1 rings (SSSR count). The highest BCUT2D eigenvalue weighted by atomic mass is 35.6. The molecule has 6 unspecified atom stereocenters. The molecule has 0 aromatic carbocycles. The van der Waals surface area contributed by atoms with Crippen LogP contribution in [-0.4, -0.2) is 95.6 Å². The zero-order valence-corrected chi connectivity index (χ0v) is 27.2. The van der Waals surface area contributed by atoms with Crippen LogP contribution in [-0.2, 0) is 28.5 Å². The maximum absolute atomic E-state index is 12.3. The van der Waals surface area contributed by atoms with Gasteiger partial charge in [0.05, 0.1) is 45.2 Å². The number of hydrogen-bond acceptors (Lipinski definition) is 8. The molecule has 6 atom stereocenters. The lowest BCUT2D eigenvalue weighted by Gasteiger charge is -2.47. The van der Waals surface area contributed by atoms with Crippen LogP contribution in [0, 0.1) is 11.8 Å². The van der Waals surface area contributed by atoms with E-state index in [0.717, 1.165) is 0 Å². The first-order valence-corrected chi connectivity index (χ1v) is 14.3. The molecule has 20 heteroatoms. The average Bonchev–Trinajstić information content (AvgIpc) is 2.69. The van der Waals surface area contributed by atoms with Crippen LogP contribution in [0.15, 0.2) is 0 Å². The van der Waals surface area contributed by atoms with Crippen molar-refractivity contribution in [3.63, 3.8) is 0 Å². The fourth-order valence-corrected chi connectivity index (χ4v) is 4.11. The van der Waals surface area contributed by atoms with E-state index in [-0.39, 0.29) is 26.4 Å². The van der Waals surface area contributed by atoms with Gasteiger partial charge in [-0.05, 0) is 0 Å². The quantitative estimate of drug-likeness (QED) is 0.119. The number of carbonyl (C=O) groups excluding carboxylic acids is 1. The fourth-order valence-electron chi connectivity index (χ4n) is 3.28. The Morgan fingerprint density at radius 2 is 1.05 bits per heavy atom. The van der Waals surface area contributed by atoms with Crippen LogP contribution in [0.25, 0.3) is 0 Å². The standard InChI is InChI=1S/C17H20Cl12O8/c18-14(19,20)3-33-1-7-9(30)10(31)12(37-13(32)17(27,28)29)8(2-34-4-15(21,22)23)11(7)36-6-35-5-16(24,25)26/h7-12,30-31H,1-6H2. The monoisotopic (exact) mass is 772 g/mol. The van der Waals surface area contributed by atoms with Gasteiger partial charge in [0.2, 0.25) is 11.4 Å². The van der Waals surface area contributed by atoms with Crippen molar-refractivity contribution in [2.24, 2.45) is 11.8 Å². The normalized spacial score (nSPS) is 27.8. The van der Waals surface area contributed by atoms with E-state index in [1.54, 1.807) is 0 Å². The molecule has 0 saturated heterocycles. The molecule has 0 amide bonds. The summed E-state index contributed by atoms with van der Waals surface area (Å²) in [6.45, 7) is -2.33. The van der Waals surface area contributed by atoms with Crippen molar-refractivity contribution in [2.45, 2.75) is 39.6 Å². The molecule has 1 fully saturated rings. The lowest BCUT2D eigenvalue weighted by atomic mass is 9.73.